The Morgan fingerprint density at radius 3 is 2.57 bits per heavy atom. The summed E-state index contributed by atoms with van der Waals surface area (Å²) in [5, 5.41) is 0.962. The van der Waals surface area contributed by atoms with Crippen molar-refractivity contribution < 1.29 is 4.79 Å². The zero-order valence-electron chi connectivity index (χ0n) is 11.4. The molecular weight excluding hydrogens is 260 g/mol. The van der Waals surface area contributed by atoms with Gasteiger partial charge in [0.2, 0.25) is 0 Å². The number of hydrogen-bond acceptors (Lipinski definition) is 3. The molecule has 0 aliphatic carbocycles. The monoisotopic (exact) mass is 274 g/mol. The van der Waals surface area contributed by atoms with Gasteiger partial charge in [0.15, 0.2) is 5.78 Å². The fourth-order valence-electron chi connectivity index (χ4n) is 2.17. The molecule has 102 valence electrons. The van der Waals surface area contributed by atoms with E-state index in [0.29, 0.717) is 11.3 Å². The molecule has 0 bridgehead atoms. The van der Waals surface area contributed by atoms with E-state index in [-0.39, 0.29) is 5.78 Å². The first-order valence-electron chi connectivity index (χ1n) is 6.66. The lowest BCUT2D eigenvalue weighted by Crippen LogP contribution is -1.97. The average Bonchev–Trinajstić information content (AvgIpc) is 2.53. The normalized spacial score (nSPS) is 11.0. The largest absolute Gasteiger partial charge is 0.399 e. The van der Waals surface area contributed by atoms with E-state index >= 15 is 0 Å². The van der Waals surface area contributed by atoms with E-state index in [0.717, 1.165) is 16.5 Å². The molecule has 0 saturated heterocycles. The van der Waals surface area contributed by atoms with Gasteiger partial charge in [0, 0.05) is 22.8 Å². The molecule has 3 nitrogen and oxygen atoms in total. The fourth-order valence-corrected chi connectivity index (χ4v) is 2.17. The highest BCUT2D eigenvalue weighted by molar-refractivity contribution is 6.13. The number of aromatic nitrogens is 1. The zero-order valence-corrected chi connectivity index (χ0v) is 11.4. The summed E-state index contributed by atoms with van der Waals surface area (Å²) in [4.78, 5) is 16.6. The van der Waals surface area contributed by atoms with E-state index in [9.17, 15) is 4.79 Å². The highest BCUT2D eigenvalue weighted by Gasteiger charge is 2.07. The highest BCUT2D eigenvalue weighted by Crippen LogP contribution is 2.17. The number of rotatable bonds is 3. The lowest BCUT2D eigenvalue weighted by molar-refractivity contribution is 0.104. The third kappa shape index (κ3) is 2.82. The third-order valence-corrected chi connectivity index (χ3v) is 3.26. The number of pyridine rings is 1. The average molecular weight is 274 g/mol. The molecule has 0 saturated carbocycles. The maximum Gasteiger partial charge on any atom is 0.188 e. The number of fused-ring (bicyclic) bond motifs is 1. The zero-order chi connectivity index (χ0) is 14.7. The number of carbonyl (C=O) groups is 1. The van der Waals surface area contributed by atoms with Crippen LogP contribution >= 0.6 is 0 Å². The van der Waals surface area contributed by atoms with E-state index in [1.54, 1.807) is 24.4 Å². The van der Waals surface area contributed by atoms with E-state index in [1.807, 2.05) is 48.5 Å². The first-order valence-corrected chi connectivity index (χ1v) is 6.66. The van der Waals surface area contributed by atoms with Gasteiger partial charge in [-0.2, -0.15) is 0 Å². The van der Waals surface area contributed by atoms with Crippen LogP contribution in [0.4, 0.5) is 5.69 Å². The Kier molecular flexibility index (Phi) is 3.48. The summed E-state index contributed by atoms with van der Waals surface area (Å²) >= 11 is 0. The standard InChI is InChI=1S/C18H14N2O/c19-15-9-6-13(7-10-15)8-11-17(21)16-5-1-3-14-4-2-12-20-18(14)16/h1-12H,19H2/b11-8+. The van der Waals surface area contributed by atoms with Crippen molar-refractivity contribution in [3.8, 4) is 0 Å². The van der Waals surface area contributed by atoms with Crippen molar-refractivity contribution >= 4 is 28.4 Å². The number of nitrogens with two attached hydrogens (primary N) is 1. The third-order valence-electron chi connectivity index (χ3n) is 3.26. The van der Waals surface area contributed by atoms with Gasteiger partial charge in [-0.1, -0.05) is 36.4 Å². The van der Waals surface area contributed by atoms with Crippen LogP contribution in [0.5, 0.6) is 0 Å². The summed E-state index contributed by atoms with van der Waals surface area (Å²) in [6, 6.07) is 16.8. The van der Waals surface area contributed by atoms with Gasteiger partial charge in [-0.05, 0) is 35.9 Å². The van der Waals surface area contributed by atoms with Crippen molar-refractivity contribution in [2.75, 3.05) is 5.73 Å². The molecule has 0 amide bonds. The number of anilines is 1. The fraction of sp³-hybridized carbons (Fsp3) is 0. The van der Waals surface area contributed by atoms with Crippen LogP contribution in [0.15, 0.2) is 66.9 Å². The number of para-hydroxylation sites is 1. The summed E-state index contributed by atoms with van der Waals surface area (Å²) in [6.07, 6.45) is 5.04. The Hall–Kier alpha value is -2.94. The Morgan fingerprint density at radius 2 is 1.76 bits per heavy atom. The van der Waals surface area contributed by atoms with Gasteiger partial charge >= 0.3 is 0 Å². The van der Waals surface area contributed by atoms with Crippen molar-refractivity contribution in [3.05, 3.63) is 78.0 Å². The van der Waals surface area contributed by atoms with Gasteiger partial charge in [-0.3, -0.25) is 9.78 Å². The van der Waals surface area contributed by atoms with Crippen molar-refractivity contribution in [2.45, 2.75) is 0 Å². The molecule has 0 atom stereocenters. The predicted molar refractivity (Wildman–Crippen MR) is 86.0 cm³/mol. The number of nitrogens with zero attached hydrogens (tertiary/aromatic N) is 1. The molecule has 1 heterocycles. The van der Waals surface area contributed by atoms with Crippen molar-refractivity contribution in [1.29, 1.82) is 0 Å². The molecule has 2 N–H and O–H groups in total. The molecule has 0 fully saturated rings. The van der Waals surface area contributed by atoms with Gasteiger partial charge in [0.1, 0.15) is 0 Å². The Balaban J connectivity index is 1.92. The van der Waals surface area contributed by atoms with Crippen LogP contribution in [-0.4, -0.2) is 10.8 Å². The minimum atomic E-state index is -0.0591. The van der Waals surface area contributed by atoms with Gasteiger partial charge in [0.25, 0.3) is 0 Å². The van der Waals surface area contributed by atoms with Crippen LogP contribution in [0.25, 0.3) is 17.0 Å². The molecule has 0 aliphatic heterocycles. The summed E-state index contributed by atoms with van der Waals surface area (Å²) < 4.78 is 0. The number of carbonyl (C=O) groups excluding carboxylic acids is 1. The number of nitrogen functional groups attached to an aromatic ring is 1. The molecular formula is C18H14N2O. The van der Waals surface area contributed by atoms with Gasteiger partial charge in [-0.15, -0.1) is 0 Å². The van der Waals surface area contributed by atoms with E-state index in [1.165, 1.54) is 0 Å². The quantitative estimate of drug-likeness (QED) is 0.450. The molecule has 0 spiro atoms. The number of ketones is 1. The Labute approximate surface area is 122 Å². The van der Waals surface area contributed by atoms with Crippen LogP contribution in [0.1, 0.15) is 15.9 Å². The molecule has 0 unspecified atom stereocenters. The highest BCUT2D eigenvalue weighted by atomic mass is 16.1. The summed E-state index contributed by atoms with van der Waals surface area (Å²) in [5.41, 5.74) is 8.62. The van der Waals surface area contributed by atoms with Gasteiger partial charge in [-0.25, -0.2) is 0 Å². The summed E-state index contributed by atoms with van der Waals surface area (Å²) in [6.45, 7) is 0. The number of allylic oxidation sites excluding steroid dienone is 1. The smallest absolute Gasteiger partial charge is 0.188 e. The minimum Gasteiger partial charge on any atom is -0.399 e. The molecule has 21 heavy (non-hydrogen) atoms. The van der Waals surface area contributed by atoms with Gasteiger partial charge in [0.05, 0.1) is 5.52 Å². The van der Waals surface area contributed by atoms with Crippen molar-refractivity contribution in [1.82, 2.24) is 4.98 Å². The van der Waals surface area contributed by atoms with Crippen molar-refractivity contribution in [3.63, 3.8) is 0 Å². The second-order valence-corrected chi connectivity index (χ2v) is 4.74. The van der Waals surface area contributed by atoms with Crippen LogP contribution in [0.2, 0.25) is 0 Å². The Morgan fingerprint density at radius 1 is 1.00 bits per heavy atom. The maximum absolute atomic E-state index is 12.3. The van der Waals surface area contributed by atoms with Crippen LogP contribution in [0, 0.1) is 0 Å². The molecule has 3 heteroatoms. The van der Waals surface area contributed by atoms with E-state index in [4.69, 9.17) is 5.73 Å². The molecule has 0 radical (unpaired) electrons. The predicted octanol–water partition coefficient (Wildman–Crippen LogP) is 3.71. The molecule has 3 aromatic rings. The molecule has 3 rings (SSSR count). The lowest BCUT2D eigenvalue weighted by Gasteiger charge is -2.01. The topological polar surface area (TPSA) is 56.0 Å². The lowest BCUT2D eigenvalue weighted by atomic mass is 10.0. The summed E-state index contributed by atoms with van der Waals surface area (Å²) in [7, 11) is 0. The number of hydrogen-bond donors (Lipinski definition) is 1. The SMILES string of the molecule is Nc1ccc(/C=C/C(=O)c2cccc3cccnc23)cc1. The van der Waals surface area contributed by atoms with E-state index in [2.05, 4.69) is 4.98 Å². The second-order valence-electron chi connectivity index (χ2n) is 4.74. The molecule has 2 aromatic carbocycles. The van der Waals surface area contributed by atoms with Crippen LogP contribution < -0.4 is 5.73 Å². The van der Waals surface area contributed by atoms with Crippen molar-refractivity contribution in [2.24, 2.45) is 0 Å². The Bertz CT molecular complexity index is 815. The first-order chi connectivity index (χ1) is 10.2. The minimum absolute atomic E-state index is 0.0591. The molecule has 0 aliphatic rings. The second kappa shape index (κ2) is 5.59. The van der Waals surface area contributed by atoms with E-state index < -0.39 is 0 Å². The molecule has 1 aromatic heterocycles. The van der Waals surface area contributed by atoms with Crippen LogP contribution in [0.3, 0.4) is 0 Å². The number of benzene rings is 2. The van der Waals surface area contributed by atoms with Gasteiger partial charge < -0.3 is 5.73 Å². The maximum atomic E-state index is 12.3. The van der Waals surface area contributed by atoms with Crippen LogP contribution in [-0.2, 0) is 0 Å². The first kappa shape index (κ1) is 13.1. The summed E-state index contributed by atoms with van der Waals surface area (Å²) in [5.74, 6) is -0.0591.